The van der Waals surface area contributed by atoms with Crippen LogP contribution in [0, 0.1) is 11.7 Å². The number of hydrogen-bond donors (Lipinski definition) is 1. The molecular formula is C12H16FNO. The summed E-state index contributed by atoms with van der Waals surface area (Å²) in [7, 11) is 0. The van der Waals surface area contributed by atoms with Crippen LogP contribution in [0.5, 0.6) is 0 Å². The van der Waals surface area contributed by atoms with Crippen LogP contribution in [-0.2, 0) is 4.79 Å². The van der Waals surface area contributed by atoms with Gasteiger partial charge >= 0.3 is 0 Å². The lowest BCUT2D eigenvalue weighted by Gasteiger charge is -2.15. The molecular weight excluding hydrogens is 193 g/mol. The Morgan fingerprint density at radius 2 is 2.00 bits per heavy atom. The number of nitrogens with one attached hydrogen (secondary N) is 1. The first-order valence-corrected chi connectivity index (χ1v) is 5.06. The van der Waals surface area contributed by atoms with Gasteiger partial charge in [-0.15, -0.1) is 0 Å². The van der Waals surface area contributed by atoms with Gasteiger partial charge in [-0.3, -0.25) is 4.79 Å². The first-order valence-electron chi connectivity index (χ1n) is 5.06. The Kier molecular flexibility index (Phi) is 3.83. The first kappa shape index (κ1) is 11.7. The zero-order valence-electron chi connectivity index (χ0n) is 9.25. The van der Waals surface area contributed by atoms with Crippen molar-refractivity contribution < 1.29 is 9.18 Å². The SMILES string of the molecule is CC(C)C(=O)NC(C)c1cccc(F)c1. The van der Waals surface area contributed by atoms with Crippen molar-refractivity contribution in [2.75, 3.05) is 0 Å². The van der Waals surface area contributed by atoms with Gasteiger partial charge in [-0.1, -0.05) is 26.0 Å². The molecule has 0 aliphatic carbocycles. The molecule has 0 bridgehead atoms. The zero-order chi connectivity index (χ0) is 11.4. The molecule has 0 aliphatic rings. The van der Waals surface area contributed by atoms with E-state index >= 15 is 0 Å². The second kappa shape index (κ2) is 4.91. The molecule has 3 heteroatoms. The molecule has 1 aromatic carbocycles. The van der Waals surface area contributed by atoms with Crippen LogP contribution in [0.25, 0.3) is 0 Å². The highest BCUT2D eigenvalue weighted by Crippen LogP contribution is 2.13. The fourth-order valence-electron chi connectivity index (χ4n) is 1.24. The maximum absolute atomic E-state index is 12.9. The van der Waals surface area contributed by atoms with E-state index in [4.69, 9.17) is 0 Å². The molecule has 0 spiro atoms. The van der Waals surface area contributed by atoms with E-state index in [1.807, 2.05) is 20.8 Å². The average molecular weight is 209 g/mol. The Hall–Kier alpha value is -1.38. The van der Waals surface area contributed by atoms with Crippen LogP contribution >= 0.6 is 0 Å². The molecule has 0 aromatic heterocycles. The number of hydrogen-bond acceptors (Lipinski definition) is 1. The van der Waals surface area contributed by atoms with E-state index in [-0.39, 0.29) is 23.7 Å². The van der Waals surface area contributed by atoms with Crippen molar-refractivity contribution in [3.05, 3.63) is 35.6 Å². The molecule has 1 aromatic rings. The minimum Gasteiger partial charge on any atom is -0.349 e. The van der Waals surface area contributed by atoms with Crippen LogP contribution in [0.1, 0.15) is 32.4 Å². The Labute approximate surface area is 89.5 Å². The highest BCUT2D eigenvalue weighted by molar-refractivity contribution is 5.78. The number of halogens is 1. The van der Waals surface area contributed by atoms with Crippen molar-refractivity contribution in [1.82, 2.24) is 5.32 Å². The maximum atomic E-state index is 12.9. The number of carbonyl (C=O) groups excluding carboxylic acids is 1. The molecule has 1 rings (SSSR count). The van der Waals surface area contributed by atoms with Crippen LogP contribution in [0.4, 0.5) is 4.39 Å². The Bertz CT molecular complexity index is 349. The molecule has 0 saturated carbocycles. The van der Waals surface area contributed by atoms with Crippen molar-refractivity contribution in [1.29, 1.82) is 0 Å². The number of benzene rings is 1. The summed E-state index contributed by atoms with van der Waals surface area (Å²) in [5.41, 5.74) is 0.781. The fourth-order valence-corrected chi connectivity index (χ4v) is 1.24. The van der Waals surface area contributed by atoms with E-state index in [0.29, 0.717) is 0 Å². The van der Waals surface area contributed by atoms with Gasteiger partial charge in [-0.25, -0.2) is 4.39 Å². The van der Waals surface area contributed by atoms with Gasteiger partial charge in [0.2, 0.25) is 5.91 Å². The van der Waals surface area contributed by atoms with Gasteiger partial charge in [0, 0.05) is 5.92 Å². The van der Waals surface area contributed by atoms with Gasteiger partial charge in [-0.2, -0.15) is 0 Å². The monoisotopic (exact) mass is 209 g/mol. The lowest BCUT2D eigenvalue weighted by atomic mass is 10.1. The van der Waals surface area contributed by atoms with Crippen LogP contribution in [0.3, 0.4) is 0 Å². The smallest absolute Gasteiger partial charge is 0.223 e. The minimum atomic E-state index is -0.279. The predicted octanol–water partition coefficient (Wildman–Crippen LogP) is 2.66. The van der Waals surface area contributed by atoms with Crippen molar-refractivity contribution in [3.63, 3.8) is 0 Å². The van der Waals surface area contributed by atoms with Gasteiger partial charge in [0.05, 0.1) is 6.04 Å². The summed E-state index contributed by atoms with van der Waals surface area (Å²) in [6.45, 7) is 5.50. The predicted molar refractivity (Wildman–Crippen MR) is 57.8 cm³/mol. The summed E-state index contributed by atoms with van der Waals surface area (Å²) in [5, 5.41) is 2.82. The lowest BCUT2D eigenvalue weighted by molar-refractivity contribution is -0.124. The van der Waals surface area contributed by atoms with Crippen molar-refractivity contribution >= 4 is 5.91 Å². The molecule has 2 nitrogen and oxygen atoms in total. The zero-order valence-corrected chi connectivity index (χ0v) is 9.25. The van der Waals surface area contributed by atoms with Gasteiger partial charge in [-0.05, 0) is 24.6 Å². The quantitative estimate of drug-likeness (QED) is 0.814. The molecule has 0 saturated heterocycles. The van der Waals surface area contributed by atoms with Gasteiger partial charge in [0.1, 0.15) is 5.82 Å². The number of amides is 1. The third-order valence-corrected chi connectivity index (χ3v) is 2.23. The summed E-state index contributed by atoms with van der Waals surface area (Å²) in [6.07, 6.45) is 0. The third-order valence-electron chi connectivity index (χ3n) is 2.23. The van der Waals surface area contributed by atoms with Gasteiger partial charge in [0.15, 0.2) is 0 Å². The third kappa shape index (κ3) is 3.35. The molecule has 15 heavy (non-hydrogen) atoms. The van der Waals surface area contributed by atoms with E-state index in [1.54, 1.807) is 12.1 Å². The number of rotatable bonds is 3. The molecule has 1 amide bonds. The summed E-state index contributed by atoms with van der Waals surface area (Å²) >= 11 is 0. The maximum Gasteiger partial charge on any atom is 0.223 e. The Balaban J connectivity index is 2.69. The summed E-state index contributed by atoms with van der Waals surface area (Å²) in [4.78, 5) is 11.4. The second-order valence-corrected chi connectivity index (χ2v) is 3.94. The van der Waals surface area contributed by atoms with Crippen LogP contribution < -0.4 is 5.32 Å². The molecule has 1 atom stereocenters. The summed E-state index contributed by atoms with van der Waals surface area (Å²) in [5.74, 6) is -0.356. The average Bonchev–Trinajstić information content (AvgIpc) is 2.17. The van der Waals surface area contributed by atoms with E-state index in [2.05, 4.69) is 5.32 Å². The first-order chi connectivity index (χ1) is 7.00. The van der Waals surface area contributed by atoms with Crippen LogP contribution in [-0.4, -0.2) is 5.91 Å². The summed E-state index contributed by atoms with van der Waals surface area (Å²) in [6, 6.07) is 6.11. The molecule has 0 fully saturated rings. The molecule has 1 unspecified atom stereocenters. The van der Waals surface area contributed by atoms with Gasteiger partial charge in [0.25, 0.3) is 0 Å². The lowest BCUT2D eigenvalue weighted by Crippen LogP contribution is -2.30. The van der Waals surface area contributed by atoms with E-state index in [0.717, 1.165) is 5.56 Å². The van der Waals surface area contributed by atoms with Crippen LogP contribution in [0.2, 0.25) is 0 Å². The van der Waals surface area contributed by atoms with E-state index in [1.165, 1.54) is 12.1 Å². The van der Waals surface area contributed by atoms with Gasteiger partial charge < -0.3 is 5.32 Å². The molecule has 0 aliphatic heterocycles. The molecule has 1 N–H and O–H groups in total. The van der Waals surface area contributed by atoms with E-state index < -0.39 is 0 Å². The largest absolute Gasteiger partial charge is 0.349 e. The molecule has 0 radical (unpaired) electrons. The van der Waals surface area contributed by atoms with E-state index in [9.17, 15) is 9.18 Å². The number of carbonyl (C=O) groups is 1. The normalized spacial score (nSPS) is 12.6. The topological polar surface area (TPSA) is 29.1 Å². The highest BCUT2D eigenvalue weighted by atomic mass is 19.1. The summed E-state index contributed by atoms with van der Waals surface area (Å²) < 4.78 is 12.9. The van der Waals surface area contributed by atoms with Crippen molar-refractivity contribution in [2.24, 2.45) is 5.92 Å². The highest BCUT2D eigenvalue weighted by Gasteiger charge is 2.12. The second-order valence-electron chi connectivity index (χ2n) is 3.94. The Morgan fingerprint density at radius 1 is 1.33 bits per heavy atom. The minimum absolute atomic E-state index is 0.0215. The molecule has 0 heterocycles. The van der Waals surface area contributed by atoms with Crippen molar-refractivity contribution in [2.45, 2.75) is 26.8 Å². The van der Waals surface area contributed by atoms with Crippen molar-refractivity contribution in [3.8, 4) is 0 Å². The standard InChI is InChI=1S/C12H16FNO/c1-8(2)12(15)14-9(3)10-5-4-6-11(13)7-10/h4-9H,1-3H3,(H,14,15). The molecule has 82 valence electrons. The fraction of sp³-hybridized carbons (Fsp3) is 0.417. The van der Waals surface area contributed by atoms with Crippen LogP contribution in [0.15, 0.2) is 24.3 Å². The Morgan fingerprint density at radius 3 is 2.53 bits per heavy atom.